The Bertz CT molecular complexity index is 1070. The Balaban J connectivity index is 1.61. The second-order valence-corrected chi connectivity index (χ2v) is 10.7. The zero-order valence-corrected chi connectivity index (χ0v) is 19.8. The first-order chi connectivity index (χ1) is 16.7. The van der Waals surface area contributed by atoms with Crippen LogP contribution in [0.2, 0.25) is 0 Å². The molecular weight excluding hydrogens is 540 g/mol. The second kappa shape index (κ2) is 11.2. The SMILES string of the molecule is Nc1ccn([C@@H]2O[C@H](COP(=O)(O)OP(=O)(O)O[C@H]3O[C@H](CO)[C@@H](O)[C@H](O)[C@@H]3O)[C@@H](O)[C@H]2O)c(=O)n1. The molecule has 3 heterocycles. The summed E-state index contributed by atoms with van der Waals surface area (Å²) in [7, 11) is -11.0. The highest BCUT2D eigenvalue weighted by Crippen LogP contribution is 2.61. The Morgan fingerprint density at radius 1 is 0.972 bits per heavy atom. The van der Waals surface area contributed by atoms with E-state index in [-0.39, 0.29) is 5.82 Å². The lowest BCUT2D eigenvalue weighted by molar-refractivity contribution is -0.280. The standard InChI is InChI=1S/C15H25N3O16P2/c16-7-1-2-18(15(25)17-7)13-11(23)9(21)6(31-13)4-30-35(26,27)34-36(28,29)33-14-12(24)10(22)8(20)5(3-19)32-14/h1-2,5-6,8-14,19-24H,3-4H2,(H,26,27)(H,28,29)(H2,16,17,25)/t5-,6-,8-,9-,10+,11-,12+,13-,14-/m1/s1. The van der Waals surface area contributed by atoms with Gasteiger partial charge in [-0.2, -0.15) is 9.29 Å². The van der Waals surface area contributed by atoms with Crippen molar-refractivity contribution >= 4 is 21.5 Å². The van der Waals surface area contributed by atoms with E-state index in [0.29, 0.717) is 0 Å². The van der Waals surface area contributed by atoms with Crippen molar-refractivity contribution in [2.75, 3.05) is 18.9 Å². The van der Waals surface area contributed by atoms with Gasteiger partial charge in [-0.15, -0.1) is 0 Å². The maximum absolute atomic E-state index is 12.2. The van der Waals surface area contributed by atoms with E-state index in [1.54, 1.807) is 0 Å². The number of nitrogens with zero attached hydrogens (tertiary/aromatic N) is 2. The summed E-state index contributed by atoms with van der Waals surface area (Å²) >= 11 is 0. The Morgan fingerprint density at radius 3 is 2.22 bits per heavy atom. The molecule has 2 unspecified atom stereocenters. The summed E-state index contributed by atoms with van der Waals surface area (Å²) in [6.45, 7) is -1.89. The topological polar surface area (TPSA) is 303 Å². The third-order valence-electron chi connectivity index (χ3n) is 5.16. The normalized spacial score (nSPS) is 38.4. The molecule has 36 heavy (non-hydrogen) atoms. The van der Waals surface area contributed by atoms with Gasteiger partial charge in [0.15, 0.2) is 12.5 Å². The predicted molar refractivity (Wildman–Crippen MR) is 110 cm³/mol. The number of nitrogens with two attached hydrogens (primary N) is 1. The van der Waals surface area contributed by atoms with Crippen molar-refractivity contribution in [1.29, 1.82) is 0 Å². The summed E-state index contributed by atoms with van der Waals surface area (Å²) in [4.78, 5) is 35.0. The number of ether oxygens (including phenoxy) is 2. The van der Waals surface area contributed by atoms with E-state index in [4.69, 9.17) is 20.3 Å². The minimum absolute atomic E-state index is 0.123. The molecule has 206 valence electrons. The van der Waals surface area contributed by atoms with Crippen molar-refractivity contribution in [2.45, 2.75) is 55.2 Å². The van der Waals surface area contributed by atoms with Crippen molar-refractivity contribution in [2.24, 2.45) is 0 Å². The fourth-order valence-electron chi connectivity index (χ4n) is 3.34. The van der Waals surface area contributed by atoms with Gasteiger partial charge < -0.3 is 55.6 Å². The molecule has 0 spiro atoms. The van der Waals surface area contributed by atoms with E-state index in [9.17, 15) is 49.2 Å². The van der Waals surface area contributed by atoms with Gasteiger partial charge in [-0.3, -0.25) is 13.6 Å². The van der Waals surface area contributed by atoms with Crippen molar-refractivity contribution < 1.29 is 72.4 Å². The quantitative estimate of drug-likeness (QED) is 0.127. The molecule has 1 aromatic rings. The molecule has 11 atom stereocenters. The minimum Gasteiger partial charge on any atom is -0.394 e. The Morgan fingerprint density at radius 2 is 1.61 bits per heavy atom. The summed E-state index contributed by atoms with van der Waals surface area (Å²) in [5.41, 5.74) is 4.44. The number of phosphoric ester groups is 2. The molecule has 0 saturated carbocycles. The van der Waals surface area contributed by atoms with Gasteiger partial charge >= 0.3 is 21.3 Å². The van der Waals surface area contributed by atoms with Crippen LogP contribution in [0.15, 0.2) is 17.1 Å². The van der Waals surface area contributed by atoms with Gasteiger partial charge in [-0.1, -0.05) is 0 Å². The molecule has 1 aromatic heterocycles. The van der Waals surface area contributed by atoms with Crippen molar-refractivity contribution in [3.8, 4) is 0 Å². The average Bonchev–Trinajstić information content (AvgIpc) is 3.06. The van der Waals surface area contributed by atoms with E-state index in [1.165, 1.54) is 6.07 Å². The number of nitrogen functional groups attached to an aromatic ring is 1. The number of rotatable bonds is 9. The van der Waals surface area contributed by atoms with Crippen LogP contribution in [0.4, 0.5) is 5.82 Å². The van der Waals surface area contributed by atoms with Gasteiger partial charge in [-0.05, 0) is 6.07 Å². The average molecular weight is 565 g/mol. The smallest absolute Gasteiger partial charge is 0.394 e. The molecule has 0 aromatic carbocycles. The Kier molecular flexibility index (Phi) is 9.05. The maximum Gasteiger partial charge on any atom is 0.483 e. The molecule has 0 bridgehead atoms. The molecule has 2 saturated heterocycles. The van der Waals surface area contributed by atoms with E-state index < -0.39 is 89.8 Å². The van der Waals surface area contributed by atoms with Gasteiger partial charge in [0.2, 0.25) is 0 Å². The molecule has 0 amide bonds. The van der Waals surface area contributed by atoms with Crippen LogP contribution in [-0.2, 0) is 32.0 Å². The maximum atomic E-state index is 12.2. The summed E-state index contributed by atoms with van der Waals surface area (Å²) in [6.07, 6.45) is -15.0. The monoisotopic (exact) mass is 565 g/mol. The number of aliphatic hydroxyl groups is 6. The van der Waals surface area contributed by atoms with E-state index in [2.05, 4.69) is 18.3 Å². The zero-order valence-electron chi connectivity index (χ0n) is 18.0. The van der Waals surface area contributed by atoms with Crippen molar-refractivity contribution in [1.82, 2.24) is 9.55 Å². The number of aromatic nitrogens is 2. The molecule has 2 aliphatic rings. The Hall–Kier alpha value is -1.38. The van der Waals surface area contributed by atoms with Crippen molar-refractivity contribution in [3.05, 3.63) is 22.7 Å². The molecule has 19 nitrogen and oxygen atoms in total. The fourth-order valence-corrected chi connectivity index (χ4v) is 5.50. The number of phosphoric acid groups is 2. The number of hydrogen-bond donors (Lipinski definition) is 9. The molecule has 2 aliphatic heterocycles. The van der Waals surface area contributed by atoms with Gasteiger partial charge in [-0.25, -0.2) is 13.9 Å². The summed E-state index contributed by atoms with van der Waals surface area (Å²) < 4.78 is 48.3. The number of hydrogen-bond acceptors (Lipinski definition) is 16. The first-order valence-corrected chi connectivity index (χ1v) is 13.0. The van der Waals surface area contributed by atoms with E-state index >= 15 is 0 Å². The zero-order chi connectivity index (χ0) is 27.0. The van der Waals surface area contributed by atoms with Gasteiger partial charge in [0.25, 0.3) is 0 Å². The number of anilines is 1. The van der Waals surface area contributed by atoms with Gasteiger partial charge in [0.05, 0.1) is 13.2 Å². The van der Waals surface area contributed by atoms with Crippen LogP contribution in [0.3, 0.4) is 0 Å². The second-order valence-electron chi connectivity index (χ2n) is 7.71. The highest BCUT2D eigenvalue weighted by molar-refractivity contribution is 7.61. The molecule has 0 radical (unpaired) electrons. The van der Waals surface area contributed by atoms with Crippen LogP contribution >= 0.6 is 15.6 Å². The molecule has 21 heteroatoms. The van der Waals surface area contributed by atoms with Crippen LogP contribution in [0.5, 0.6) is 0 Å². The van der Waals surface area contributed by atoms with E-state index in [1.807, 2.05) is 0 Å². The lowest BCUT2D eigenvalue weighted by atomic mass is 10.00. The lowest BCUT2D eigenvalue weighted by Crippen LogP contribution is -2.58. The minimum atomic E-state index is -5.58. The summed E-state index contributed by atoms with van der Waals surface area (Å²) in [5.74, 6) is -0.123. The van der Waals surface area contributed by atoms with Crippen LogP contribution in [0.25, 0.3) is 0 Å². The van der Waals surface area contributed by atoms with Gasteiger partial charge in [0, 0.05) is 6.20 Å². The highest BCUT2D eigenvalue weighted by atomic mass is 31.3. The molecule has 0 aliphatic carbocycles. The molecule has 3 rings (SSSR count). The fraction of sp³-hybridized carbons (Fsp3) is 0.733. The first-order valence-electron chi connectivity index (χ1n) is 10.0. The third kappa shape index (κ3) is 6.54. The molecule has 10 N–H and O–H groups in total. The third-order valence-corrected chi connectivity index (χ3v) is 7.76. The summed E-state index contributed by atoms with van der Waals surface area (Å²) in [6, 6.07) is 1.21. The predicted octanol–water partition coefficient (Wildman–Crippen LogP) is -4.50. The first kappa shape index (κ1) is 29.2. The van der Waals surface area contributed by atoms with Crippen LogP contribution in [0, 0.1) is 0 Å². The van der Waals surface area contributed by atoms with Crippen LogP contribution < -0.4 is 11.4 Å². The van der Waals surface area contributed by atoms with Crippen LogP contribution in [0.1, 0.15) is 6.23 Å². The molecule has 2 fully saturated rings. The highest BCUT2D eigenvalue weighted by Gasteiger charge is 2.49. The van der Waals surface area contributed by atoms with Crippen molar-refractivity contribution in [3.63, 3.8) is 0 Å². The number of aliphatic hydroxyl groups excluding tert-OH is 6. The van der Waals surface area contributed by atoms with Gasteiger partial charge in [0.1, 0.15) is 48.5 Å². The largest absolute Gasteiger partial charge is 0.483 e. The van der Waals surface area contributed by atoms with E-state index in [0.717, 1.165) is 10.8 Å². The summed E-state index contributed by atoms with van der Waals surface area (Å²) in [5, 5.41) is 58.7. The van der Waals surface area contributed by atoms with Crippen LogP contribution in [-0.4, -0.2) is 112 Å². The lowest BCUT2D eigenvalue weighted by Gasteiger charge is -2.39. The molecular formula is C15H25N3O16P2. The Labute approximate surface area is 201 Å².